The molecule has 4 rings (SSSR count). The van der Waals surface area contributed by atoms with Gasteiger partial charge in [-0.25, -0.2) is 18.7 Å². The Balaban J connectivity index is 1.88. The minimum absolute atomic E-state index is 0.115. The van der Waals surface area contributed by atoms with Gasteiger partial charge in [-0.3, -0.25) is 4.79 Å². The third-order valence-electron chi connectivity index (χ3n) is 3.88. The number of benzene rings is 1. The molecule has 0 aliphatic carbocycles. The number of anilines is 2. The maximum absolute atomic E-state index is 14.1. The molecule has 3 heterocycles. The summed E-state index contributed by atoms with van der Waals surface area (Å²) < 4.78 is 28.3. The monoisotopic (exact) mass is 338 g/mol. The molecule has 7 heteroatoms. The fraction of sp³-hybridized carbons (Fsp3) is 0.0556. The summed E-state index contributed by atoms with van der Waals surface area (Å²) in [4.78, 5) is 20.5. The Bertz CT molecular complexity index is 956. The van der Waals surface area contributed by atoms with Crippen molar-refractivity contribution in [2.45, 2.75) is 6.54 Å². The van der Waals surface area contributed by atoms with Crippen molar-refractivity contribution in [1.82, 2.24) is 15.3 Å². The van der Waals surface area contributed by atoms with Crippen molar-refractivity contribution in [3.8, 4) is 11.3 Å². The van der Waals surface area contributed by atoms with Gasteiger partial charge < -0.3 is 10.6 Å². The molecule has 0 unspecified atom stereocenters. The van der Waals surface area contributed by atoms with Crippen molar-refractivity contribution in [3.05, 3.63) is 71.6 Å². The molecule has 5 nitrogen and oxygen atoms in total. The number of amides is 1. The number of pyridine rings is 2. The van der Waals surface area contributed by atoms with Gasteiger partial charge in [0.05, 0.1) is 34.7 Å². The molecule has 0 bridgehead atoms. The summed E-state index contributed by atoms with van der Waals surface area (Å²) in [5.41, 5.74) is 1.07. The highest BCUT2D eigenvalue weighted by atomic mass is 19.1. The molecule has 0 fully saturated rings. The van der Waals surface area contributed by atoms with Gasteiger partial charge in [0.25, 0.3) is 5.91 Å². The summed E-state index contributed by atoms with van der Waals surface area (Å²) in [6.45, 7) is 0.203. The smallest absolute Gasteiger partial charge is 0.255 e. The van der Waals surface area contributed by atoms with E-state index in [1.807, 2.05) is 0 Å². The van der Waals surface area contributed by atoms with Crippen molar-refractivity contribution < 1.29 is 13.6 Å². The van der Waals surface area contributed by atoms with Crippen LogP contribution in [0.5, 0.6) is 0 Å². The number of hydrogen-bond acceptors (Lipinski definition) is 4. The Labute approximate surface area is 141 Å². The van der Waals surface area contributed by atoms with Crippen LogP contribution in [0.3, 0.4) is 0 Å². The molecule has 2 N–H and O–H groups in total. The van der Waals surface area contributed by atoms with E-state index in [4.69, 9.17) is 0 Å². The number of fused-ring (bicyclic) bond motifs is 1. The fourth-order valence-electron chi connectivity index (χ4n) is 2.78. The van der Waals surface area contributed by atoms with E-state index in [0.717, 1.165) is 0 Å². The number of nitrogens with one attached hydrogen (secondary N) is 2. The number of hydrogen-bond donors (Lipinski definition) is 2. The van der Waals surface area contributed by atoms with Crippen molar-refractivity contribution in [2.75, 3.05) is 5.32 Å². The number of carbonyl (C=O) groups is 1. The van der Waals surface area contributed by atoms with Crippen LogP contribution < -0.4 is 10.6 Å². The van der Waals surface area contributed by atoms with E-state index in [1.54, 1.807) is 24.4 Å². The standard InChI is InChI=1S/C18H12F2N4O/c19-10-4-3-5-11(20)16(10)12-8-13(24-15-6-1-2-7-21-15)17-14(23-12)9-22-18(17)25/h1-8H,9H2,(H,22,25)(H,21,23,24). The topological polar surface area (TPSA) is 66.9 Å². The van der Waals surface area contributed by atoms with Crippen molar-refractivity contribution in [3.63, 3.8) is 0 Å². The van der Waals surface area contributed by atoms with Gasteiger partial charge in [-0.2, -0.15) is 0 Å². The predicted molar refractivity (Wildman–Crippen MR) is 88.3 cm³/mol. The molecule has 3 aromatic rings. The Hall–Kier alpha value is -3.35. The largest absolute Gasteiger partial charge is 0.346 e. The molecule has 2 aromatic heterocycles. The van der Waals surface area contributed by atoms with E-state index < -0.39 is 11.6 Å². The fourth-order valence-corrected chi connectivity index (χ4v) is 2.78. The molecule has 0 radical (unpaired) electrons. The van der Waals surface area contributed by atoms with Gasteiger partial charge in [-0.05, 0) is 30.3 Å². The highest BCUT2D eigenvalue weighted by Gasteiger charge is 2.27. The maximum atomic E-state index is 14.1. The molecule has 1 amide bonds. The number of carbonyl (C=O) groups excluding carboxylic acids is 1. The highest BCUT2D eigenvalue weighted by Crippen LogP contribution is 2.32. The van der Waals surface area contributed by atoms with Crippen LogP contribution in [-0.4, -0.2) is 15.9 Å². The Morgan fingerprint density at radius 1 is 1.04 bits per heavy atom. The van der Waals surface area contributed by atoms with Crippen LogP contribution in [-0.2, 0) is 6.54 Å². The molecule has 1 aliphatic rings. The Morgan fingerprint density at radius 2 is 1.84 bits per heavy atom. The summed E-state index contributed by atoms with van der Waals surface area (Å²) in [5.74, 6) is -1.21. The molecule has 0 spiro atoms. The lowest BCUT2D eigenvalue weighted by Gasteiger charge is -2.12. The molecule has 0 saturated carbocycles. The number of nitrogens with zero attached hydrogens (tertiary/aromatic N) is 2. The van der Waals surface area contributed by atoms with Crippen molar-refractivity contribution in [1.29, 1.82) is 0 Å². The second-order valence-corrected chi connectivity index (χ2v) is 5.50. The van der Waals surface area contributed by atoms with Crippen LogP contribution in [0, 0.1) is 11.6 Å². The molecule has 1 aliphatic heterocycles. The number of rotatable bonds is 3. The lowest BCUT2D eigenvalue weighted by atomic mass is 10.1. The predicted octanol–water partition coefficient (Wildman–Crippen LogP) is 3.41. The molecule has 25 heavy (non-hydrogen) atoms. The van der Waals surface area contributed by atoms with E-state index in [2.05, 4.69) is 20.6 Å². The molecule has 0 atom stereocenters. The lowest BCUT2D eigenvalue weighted by Crippen LogP contribution is -2.13. The van der Waals surface area contributed by atoms with Gasteiger partial charge in [0.2, 0.25) is 0 Å². The van der Waals surface area contributed by atoms with Gasteiger partial charge >= 0.3 is 0 Å². The molecule has 124 valence electrons. The van der Waals surface area contributed by atoms with Crippen LogP contribution in [0.1, 0.15) is 16.1 Å². The first kappa shape index (κ1) is 15.2. The minimum Gasteiger partial charge on any atom is -0.346 e. The van der Waals surface area contributed by atoms with Crippen LogP contribution in [0.25, 0.3) is 11.3 Å². The Kier molecular flexibility index (Phi) is 3.61. The van der Waals surface area contributed by atoms with Crippen LogP contribution in [0.4, 0.5) is 20.3 Å². The third kappa shape index (κ3) is 2.69. The summed E-state index contributed by atoms with van der Waals surface area (Å²) in [5, 5.41) is 5.70. The van der Waals surface area contributed by atoms with Crippen LogP contribution in [0.2, 0.25) is 0 Å². The van der Waals surface area contributed by atoms with E-state index in [1.165, 1.54) is 24.3 Å². The second-order valence-electron chi connectivity index (χ2n) is 5.50. The Morgan fingerprint density at radius 3 is 2.56 bits per heavy atom. The van der Waals surface area contributed by atoms with Gasteiger partial charge in [0.15, 0.2) is 0 Å². The zero-order chi connectivity index (χ0) is 17.4. The number of halogens is 2. The zero-order valence-electron chi connectivity index (χ0n) is 12.9. The average Bonchev–Trinajstić information content (AvgIpc) is 2.97. The van der Waals surface area contributed by atoms with Crippen molar-refractivity contribution in [2.24, 2.45) is 0 Å². The first-order chi connectivity index (χ1) is 12.1. The second kappa shape index (κ2) is 5.94. The van der Waals surface area contributed by atoms with Gasteiger partial charge in [-0.15, -0.1) is 0 Å². The average molecular weight is 338 g/mol. The molecule has 1 aromatic carbocycles. The normalized spacial score (nSPS) is 12.6. The summed E-state index contributed by atoms with van der Waals surface area (Å²) in [6, 6.07) is 10.4. The first-order valence-corrected chi connectivity index (χ1v) is 7.58. The van der Waals surface area contributed by atoms with Crippen LogP contribution >= 0.6 is 0 Å². The highest BCUT2D eigenvalue weighted by molar-refractivity contribution is 6.04. The van der Waals surface area contributed by atoms with E-state index in [9.17, 15) is 13.6 Å². The summed E-state index contributed by atoms with van der Waals surface area (Å²) >= 11 is 0. The molecule has 0 saturated heterocycles. The van der Waals surface area contributed by atoms with Gasteiger partial charge in [-0.1, -0.05) is 12.1 Å². The van der Waals surface area contributed by atoms with Crippen molar-refractivity contribution >= 4 is 17.4 Å². The number of aromatic nitrogens is 2. The first-order valence-electron chi connectivity index (χ1n) is 7.58. The molecular formula is C18H12F2N4O. The van der Waals surface area contributed by atoms with Crippen LogP contribution in [0.15, 0.2) is 48.7 Å². The minimum atomic E-state index is -0.714. The summed E-state index contributed by atoms with van der Waals surface area (Å²) in [7, 11) is 0. The maximum Gasteiger partial charge on any atom is 0.255 e. The van der Waals surface area contributed by atoms with E-state index in [0.29, 0.717) is 22.8 Å². The van der Waals surface area contributed by atoms with E-state index >= 15 is 0 Å². The quantitative estimate of drug-likeness (QED) is 0.768. The zero-order valence-corrected chi connectivity index (χ0v) is 12.9. The van der Waals surface area contributed by atoms with Gasteiger partial charge in [0, 0.05) is 6.20 Å². The SMILES string of the molecule is O=C1NCc2nc(-c3c(F)cccc3F)cc(Nc3ccccn3)c21. The summed E-state index contributed by atoms with van der Waals surface area (Å²) in [6.07, 6.45) is 1.60. The lowest BCUT2D eigenvalue weighted by molar-refractivity contribution is 0.0966. The molecular weight excluding hydrogens is 326 g/mol. The third-order valence-corrected chi connectivity index (χ3v) is 3.88. The van der Waals surface area contributed by atoms with Gasteiger partial charge in [0.1, 0.15) is 17.5 Å². The van der Waals surface area contributed by atoms with E-state index in [-0.39, 0.29) is 23.7 Å².